The summed E-state index contributed by atoms with van der Waals surface area (Å²) in [6.07, 6.45) is 4.59. The van der Waals surface area contributed by atoms with Crippen molar-refractivity contribution < 1.29 is 19.1 Å². The summed E-state index contributed by atoms with van der Waals surface area (Å²) in [5, 5.41) is 7.83. The molecule has 0 saturated heterocycles. The number of fused-ring (bicyclic) bond motifs is 1. The van der Waals surface area contributed by atoms with Crippen molar-refractivity contribution >= 4 is 57.3 Å². The van der Waals surface area contributed by atoms with Gasteiger partial charge in [0.1, 0.15) is 17.3 Å². The van der Waals surface area contributed by atoms with E-state index < -0.39 is 5.91 Å². The van der Waals surface area contributed by atoms with E-state index in [0.717, 1.165) is 0 Å². The zero-order valence-corrected chi connectivity index (χ0v) is 19.1. The minimum Gasteiger partial charge on any atom is -0.484 e. The number of benzene rings is 2. The highest BCUT2D eigenvalue weighted by Gasteiger charge is 2.13. The molecule has 0 unspecified atom stereocenters. The summed E-state index contributed by atoms with van der Waals surface area (Å²) < 4.78 is 10.9. The van der Waals surface area contributed by atoms with Crippen LogP contribution in [0, 0.1) is 0 Å². The number of aromatic nitrogens is 2. The average molecular weight is 497 g/mol. The molecular formula is C24H18Cl2N4O4. The molecule has 4 aromatic rings. The highest BCUT2D eigenvalue weighted by molar-refractivity contribution is 6.30. The number of amides is 2. The fourth-order valence-corrected chi connectivity index (χ4v) is 3.25. The highest BCUT2D eigenvalue weighted by Crippen LogP contribution is 2.27. The quantitative estimate of drug-likeness (QED) is 0.356. The molecule has 34 heavy (non-hydrogen) atoms. The van der Waals surface area contributed by atoms with Crippen molar-refractivity contribution in [3.05, 3.63) is 83.2 Å². The molecule has 2 N–H and O–H groups in total. The van der Waals surface area contributed by atoms with Crippen molar-refractivity contribution in [3.8, 4) is 11.5 Å². The normalized spacial score (nSPS) is 10.5. The number of carbonyl (C=O) groups is 2. The van der Waals surface area contributed by atoms with Crippen molar-refractivity contribution in [1.29, 1.82) is 0 Å². The van der Waals surface area contributed by atoms with Crippen molar-refractivity contribution in [2.45, 2.75) is 0 Å². The SMILES string of the molecule is O=C(COc1ccc(Cl)cc1)Nc1cnc(NC(=O)COc2ccc(Cl)cc2)c2ccncc12. The Morgan fingerprint density at radius 2 is 1.29 bits per heavy atom. The van der Waals surface area contributed by atoms with Gasteiger partial charge < -0.3 is 20.1 Å². The molecule has 0 aliphatic rings. The summed E-state index contributed by atoms with van der Waals surface area (Å²) in [5.41, 5.74) is 0.434. The van der Waals surface area contributed by atoms with Gasteiger partial charge in [-0.25, -0.2) is 4.98 Å². The number of hydrogen-bond donors (Lipinski definition) is 2. The molecule has 10 heteroatoms. The predicted molar refractivity (Wildman–Crippen MR) is 131 cm³/mol. The van der Waals surface area contributed by atoms with Gasteiger partial charge in [-0.3, -0.25) is 14.6 Å². The molecule has 2 aromatic heterocycles. The first-order chi connectivity index (χ1) is 16.5. The van der Waals surface area contributed by atoms with Gasteiger partial charge in [-0.1, -0.05) is 23.2 Å². The van der Waals surface area contributed by atoms with Gasteiger partial charge in [0, 0.05) is 33.2 Å². The molecule has 0 saturated carbocycles. The van der Waals surface area contributed by atoms with Gasteiger partial charge in [-0.05, 0) is 54.6 Å². The largest absolute Gasteiger partial charge is 0.484 e. The number of nitrogens with one attached hydrogen (secondary N) is 2. The smallest absolute Gasteiger partial charge is 0.263 e. The molecule has 2 aromatic carbocycles. The Labute approximate surface area is 204 Å². The van der Waals surface area contributed by atoms with Crippen LogP contribution in [-0.2, 0) is 9.59 Å². The number of pyridine rings is 2. The Morgan fingerprint density at radius 1 is 0.735 bits per heavy atom. The molecule has 0 bridgehead atoms. The maximum Gasteiger partial charge on any atom is 0.263 e. The lowest BCUT2D eigenvalue weighted by molar-refractivity contribution is -0.118. The summed E-state index contributed by atoms with van der Waals surface area (Å²) in [6.45, 7) is -0.416. The summed E-state index contributed by atoms with van der Waals surface area (Å²) >= 11 is 11.7. The van der Waals surface area contributed by atoms with Gasteiger partial charge >= 0.3 is 0 Å². The first kappa shape index (κ1) is 23.3. The lowest BCUT2D eigenvalue weighted by Crippen LogP contribution is -2.22. The molecule has 2 heterocycles. The third-order valence-corrected chi connectivity index (χ3v) is 5.09. The summed E-state index contributed by atoms with van der Waals surface area (Å²) in [4.78, 5) is 33.2. The standard InChI is InChI=1S/C24H18Cl2N4O4/c25-15-1-5-17(6-2-15)33-13-22(31)29-21-12-28-24(19-9-10-27-11-20(19)21)30-23(32)14-34-18-7-3-16(26)4-8-18/h1-12H,13-14H2,(H,29,31)(H,28,30,32). The first-order valence-electron chi connectivity index (χ1n) is 10.1. The third kappa shape index (κ3) is 6.12. The molecular weight excluding hydrogens is 479 g/mol. The van der Waals surface area contributed by atoms with Crippen LogP contribution in [0.4, 0.5) is 11.5 Å². The van der Waals surface area contributed by atoms with E-state index in [1.807, 2.05) is 0 Å². The molecule has 0 fully saturated rings. The number of carbonyl (C=O) groups excluding carboxylic acids is 2. The molecule has 0 spiro atoms. The monoisotopic (exact) mass is 496 g/mol. The molecule has 2 amide bonds. The molecule has 172 valence electrons. The van der Waals surface area contributed by atoms with E-state index in [1.54, 1.807) is 67.0 Å². The second kappa shape index (κ2) is 10.8. The molecule has 0 aliphatic heterocycles. The van der Waals surface area contributed by atoms with Crippen LogP contribution < -0.4 is 20.1 Å². The van der Waals surface area contributed by atoms with E-state index in [4.69, 9.17) is 32.7 Å². The fourth-order valence-electron chi connectivity index (χ4n) is 3.00. The van der Waals surface area contributed by atoms with Crippen molar-refractivity contribution in [2.75, 3.05) is 23.8 Å². The Kier molecular flexibility index (Phi) is 7.41. The summed E-state index contributed by atoms with van der Waals surface area (Å²) in [7, 11) is 0. The van der Waals surface area contributed by atoms with E-state index in [0.29, 0.717) is 43.8 Å². The maximum absolute atomic E-state index is 12.4. The van der Waals surface area contributed by atoms with Crippen LogP contribution in [0.3, 0.4) is 0 Å². The van der Waals surface area contributed by atoms with Crippen LogP contribution in [-0.4, -0.2) is 35.0 Å². The number of rotatable bonds is 8. The Bertz CT molecular complexity index is 1210. The second-order valence-electron chi connectivity index (χ2n) is 7.02. The molecule has 0 aliphatic carbocycles. The number of halogens is 2. The van der Waals surface area contributed by atoms with E-state index in [1.165, 1.54) is 6.20 Å². The lowest BCUT2D eigenvalue weighted by Gasteiger charge is -2.13. The molecule has 0 radical (unpaired) electrons. The third-order valence-electron chi connectivity index (χ3n) is 4.59. The van der Waals surface area contributed by atoms with Crippen LogP contribution in [0.5, 0.6) is 11.5 Å². The van der Waals surface area contributed by atoms with Crippen LogP contribution in [0.1, 0.15) is 0 Å². The van der Waals surface area contributed by atoms with Crippen molar-refractivity contribution in [2.24, 2.45) is 0 Å². The van der Waals surface area contributed by atoms with Gasteiger partial charge in [-0.15, -0.1) is 0 Å². The first-order valence-corrected chi connectivity index (χ1v) is 10.8. The van der Waals surface area contributed by atoms with Crippen molar-refractivity contribution in [3.63, 3.8) is 0 Å². The molecule has 8 nitrogen and oxygen atoms in total. The minimum atomic E-state index is -0.395. The maximum atomic E-state index is 12.4. The number of anilines is 2. The van der Waals surface area contributed by atoms with Gasteiger partial charge in [0.25, 0.3) is 11.8 Å². The van der Waals surface area contributed by atoms with Crippen molar-refractivity contribution in [1.82, 2.24) is 9.97 Å². The predicted octanol–water partition coefficient (Wildman–Crippen LogP) is 4.97. The van der Waals surface area contributed by atoms with E-state index in [-0.39, 0.29) is 19.1 Å². The summed E-state index contributed by atoms with van der Waals surface area (Å²) in [6, 6.07) is 15.1. The number of nitrogens with zero attached hydrogens (tertiary/aromatic N) is 2. The zero-order valence-electron chi connectivity index (χ0n) is 17.6. The van der Waals surface area contributed by atoms with Crippen LogP contribution in [0.2, 0.25) is 10.0 Å². The topological polar surface area (TPSA) is 102 Å². The second-order valence-corrected chi connectivity index (χ2v) is 7.90. The van der Waals surface area contributed by atoms with Gasteiger partial charge in [-0.2, -0.15) is 0 Å². The summed E-state index contributed by atoms with van der Waals surface area (Å²) in [5.74, 6) is 0.574. The average Bonchev–Trinajstić information content (AvgIpc) is 2.85. The Morgan fingerprint density at radius 3 is 1.88 bits per heavy atom. The van der Waals surface area contributed by atoms with E-state index >= 15 is 0 Å². The number of hydrogen-bond acceptors (Lipinski definition) is 6. The van der Waals surface area contributed by atoms with Gasteiger partial charge in [0.15, 0.2) is 13.2 Å². The molecule has 0 atom stereocenters. The minimum absolute atomic E-state index is 0.204. The van der Waals surface area contributed by atoms with Gasteiger partial charge in [0.05, 0.1) is 11.9 Å². The van der Waals surface area contributed by atoms with E-state index in [2.05, 4.69) is 20.6 Å². The zero-order chi connectivity index (χ0) is 23.9. The number of ether oxygens (including phenoxy) is 2. The van der Waals surface area contributed by atoms with Crippen LogP contribution >= 0.6 is 23.2 Å². The fraction of sp³-hybridized carbons (Fsp3) is 0.0833. The Balaban J connectivity index is 1.40. The molecule has 4 rings (SSSR count). The van der Waals surface area contributed by atoms with Crippen LogP contribution in [0.25, 0.3) is 10.8 Å². The lowest BCUT2D eigenvalue weighted by atomic mass is 10.2. The highest BCUT2D eigenvalue weighted by atomic mass is 35.5. The van der Waals surface area contributed by atoms with Crippen LogP contribution in [0.15, 0.2) is 73.2 Å². The van der Waals surface area contributed by atoms with Gasteiger partial charge in [0.2, 0.25) is 0 Å². The Hall–Kier alpha value is -3.88. The van der Waals surface area contributed by atoms with E-state index in [9.17, 15) is 9.59 Å².